The van der Waals surface area contributed by atoms with Gasteiger partial charge in [0.15, 0.2) is 0 Å². The van der Waals surface area contributed by atoms with Crippen LogP contribution >= 0.6 is 0 Å². The Kier molecular flexibility index (Phi) is 5.26. The molecule has 0 spiro atoms. The van der Waals surface area contributed by atoms with E-state index in [9.17, 15) is 4.79 Å². The first kappa shape index (κ1) is 14.8. The molecule has 1 saturated heterocycles. The summed E-state index contributed by atoms with van der Waals surface area (Å²) in [4.78, 5) is 11.6. The zero-order chi connectivity index (χ0) is 13.7. The molecule has 2 aliphatic rings. The first-order chi connectivity index (χ1) is 9.10. The molecule has 0 aromatic heterocycles. The second-order valence-corrected chi connectivity index (χ2v) is 7.08. The SMILES string of the molecule is CC(C)CC1(CNC2CCCNC(=O)C2)CCCC1. The number of carbonyl (C=O) groups is 1. The first-order valence-electron chi connectivity index (χ1n) is 8.10. The van der Waals surface area contributed by atoms with Crippen molar-refractivity contribution in [1.82, 2.24) is 10.6 Å². The lowest BCUT2D eigenvalue weighted by Crippen LogP contribution is -2.40. The molecule has 1 heterocycles. The second-order valence-electron chi connectivity index (χ2n) is 7.08. The van der Waals surface area contributed by atoms with E-state index >= 15 is 0 Å². The van der Waals surface area contributed by atoms with Gasteiger partial charge in [-0.3, -0.25) is 4.79 Å². The van der Waals surface area contributed by atoms with E-state index in [1.54, 1.807) is 0 Å². The minimum atomic E-state index is 0.222. The highest BCUT2D eigenvalue weighted by molar-refractivity contribution is 5.76. The summed E-state index contributed by atoms with van der Waals surface area (Å²) in [6.07, 6.45) is 9.76. The topological polar surface area (TPSA) is 41.1 Å². The summed E-state index contributed by atoms with van der Waals surface area (Å²) in [5.41, 5.74) is 0.511. The van der Waals surface area contributed by atoms with Gasteiger partial charge < -0.3 is 10.6 Å². The van der Waals surface area contributed by atoms with Crippen LogP contribution in [0.4, 0.5) is 0 Å². The molecule has 0 radical (unpaired) electrons. The van der Waals surface area contributed by atoms with Gasteiger partial charge in [0, 0.05) is 25.6 Å². The van der Waals surface area contributed by atoms with Crippen LogP contribution in [0.25, 0.3) is 0 Å². The van der Waals surface area contributed by atoms with Gasteiger partial charge in [-0.25, -0.2) is 0 Å². The quantitative estimate of drug-likeness (QED) is 0.803. The molecule has 2 fully saturated rings. The van der Waals surface area contributed by atoms with Crippen molar-refractivity contribution < 1.29 is 4.79 Å². The summed E-state index contributed by atoms with van der Waals surface area (Å²) in [7, 11) is 0. The fraction of sp³-hybridized carbons (Fsp3) is 0.938. The summed E-state index contributed by atoms with van der Waals surface area (Å²) in [6, 6.07) is 0.395. The van der Waals surface area contributed by atoms with Gasteiger partial charge in [0.1, 0.15) is 0 Å². The molecule has 1 amide bonds. The number of hydrogen-bond acceptors (Lipinski definition) is 2. The standard InChI is InChI=1S/C16H30N2O/c1-13(2)11-16(7-3-4-8-16)12-18-14-6-5-9-17-15(19)10-14/h13-14,18H,3-12H2,1-2H3,(H,17,19). The molecular weight excluding hydrogens is 236 g/mol. The van der Waals surface area contributed by atoms with E-state index in [-0.39, 0.29) is 5.91 Å². The van der Waals surface area contributed by atoms with E-state index < -0.39 is 0 Å². The van der Waals surface area contributed by atoms with Crippen molar-refractivity contribution in [2.75, 3.05) is 13.1 Å². The highest BCUT2D eigenvalue weighted by atomic mass is 16.1. The van der Waals surface area contributed by atoms with Crippen molar-refractivity contribution in [3.63, 3.8) is 0 Å². The molecule has 0 bridgehead atoms. The van der Waals surface area contributed by atoms with Gasteiger partial charge in [0.25, 0.3) is 0 Å². The number of hydrogen-bond donors (Lipinski definition) is 2. The minimum Gasteiger partial charge on any atom is -0.356 e. The van der Waals surface area contributed by atoms with Gasteiger partial charge in [-0.1, -0.05) is 26.7 Å². The van der Waals surface area contributed by atoms with Gasteiger partial charge in [-0.2, -0.15) is 0 Å². The molecular formula is C16H30N2O. The van der Waals surface area contributed by atoms with Crippen LogP contribution in [-0.4, -0.2) is 25.0 Å². The molecule has 110 valence electrons. The Hall–Kier alpha value is -0.570. The van der Waals surface area contributed by atoms with E-state index in [0.29, 0.717) is 17.9 Å². The average Bonchev–Trinajstić information content (AvgIpc) is 2.68. The fourth-order valence-electron chi connectivity index (χ4n) is 3.95. The molecule has 0 aromatic rings. The summed E-state index contributed by atoms with van der Waals surface area (Å²) >= 11 is 0. The van der Waals surface area contributed by atoms with Crippen LogP contribution in [0.15, 0.2) is 0 Å². The fourth-order valence-corrected chi connectivity index (χ4v) is 3.95. The molecule has 1 atom stereocenters. The van der Waals surface area contributed by atoms with Crippen molar-refractivity contribution in [3.05, 3.63) is 0 Å². The predicted molar refractivity (Wildman–Crippen MR) is 79.0 cm³/mol. The molecule has 19 heavy (non-hydrogen) atoms. The maximum Gasteiger partial charge on any atom is 0.221 e. The molecule has 1 unspecified atom stereocenters. The molecule has 3 heteroatoms. The Morgan fingerprint density at radius 3 is 2.74 bits per heavy atom. The Morgan fingerprint density at radius 1 is 1.32 bits per heavy atom. The maximum absolute atomic E-state index is 11.6. The lowest BCUT2D eigenvalue weighted by molar-refractivity contribution is -0.121. The van der Waals surface area contributed by atoms with Crippen molar-refractivity contribution in [1.29, 1.82) is 0 Å². The van der Waals surface area contributed by atoms with Gasteiger partial charge in [-0.05, 0) is 43.4 Å². The van der Waals surface area contributed by atoms with Crippen LogP contribution in [0.1, 0.15) is 65.2 Å². The van der Waals surface area contributed by atoms with E-state index in [1.165, 1.54) is 32.1 Å². The smallest absolute Gasteiger partial charge is 0.221 e. The minimum absolute atomic E-state index is 0.222. The normalized spacial score (nSPS) is 27.3. The van der Waals surface area contributed by atoms with Crippen LogP contribution in [0.5, 0.6) is 0 Å². The number of rotatable bonds is 5. The van der Waals surface area contributed by atoms with Crippen molar-refractivity contribution in [3.8, 4) is 0 Å². The Balaban J connectivity index is 1.85. The van der Waals surface area contributed by atoms with Crippen molar-refractivity contribution in [2.24, 2.45) is 11.3 Å². The summed E-state index contributed by atoms with van der Waals surface area (Å²) in [5.74, 6) is 0.997. The molecule has 1 aliphatic carbocycles. The van der Waals surface area contributed by atoms with E-state index in [2.05, 4.69) is 24.5 Å². The lowest BCUT2D eigenvalue weighted by Gasteiger charge is -2.33. The monoisotopic (exact) mass is 266 g/mol. The Labute approximate surface area is 117 Å². The molecule has 1 saturated carbocycles. The van der Waals surface area contributed by atoms with Crippen LogP contribution in [0, 0.1) is 11.3 Å². The van der Waals surface area contributed by atoms with E-state index in [1.807, 2.05) is 0 Å². The lowest BCUT2D eigenvalue weighted by atomic mass is 9.78. The van der Waals surface area contributed by atoms with Crippen LogP contribution < -0.4 is 10.6 Å². The maximum atomic E-state index is 11.6. The summed E-state index contributed by atoms with van der Waals surface area (Å²) in [5, 5.41) is 6.68. The van der Waals surface area contributed by atoms with Crippen molar-refractivity contribution >= 4 is 5.91 Å². The number of amides is 1. The predicted octanol–water partition coefficient (Wildman–Crippen LogP) is 2.85. The zero-order valence-electron chi connectivity index (χ0n) is 12.6. The van der Waals surface area contributed by atoms with Gasteiger partial charge in [0.05, 0.1) is 0 Å². The molecule has 1 aliphatic heterocycles. The molecule has 2 N–H and O–H groups in total. The molecule has 2 rings (SSSR count). The highest BCUT2D eigenvalue weighted by Crippen LogP contribution is 2.42. The van der Waals surface area contributed by atoms with Crippen LogP contribution in [0.2, 0.25) is 0 Å². The Bertz CT molecular complexity index is 295. The first-order valence-corrected chi connectivity index (χ1v) is 8.10. The van der Waals surface area contributed by atoms with Gasteiger partial charge in [-0.15, -0.1) is 0 Å². The van der Waals surface area contributed by atoms with E-state index in [0.717, 1.165) is 31.8 Å². The third-order valence-electron chi connectivity index (χ3n) is 4.75. The van der Waals surface area contributed by atoms with Crippen LogP contribution in [0.3, 0.4) is 0 Å². The molecule has 0 aromatic carbocycles. The summed E-state index contributed by atoms with van der Waals surface area (Å²) < 4.78 is 0. The third-order valence-corrected chi connectivity index (χ3v) is 4.75. The second kappa shape index (κ2) is 6.74. The summed E-state index contributed by atoms with van der Waals surface area (Å²) in [6.45, 7) is 6.63. The highest BCUT2D eigenvalue weighted by Gasteiger charge is 2.34. The third kappa shape index (κ3) is 4.48. The van der Waals surface area contributed by atoms with Gasteiger partial charge in [0.2, 0.25) is 5.91 Å². The van der Waals surface area contributed by atoms with E-state index in [4.69, 9.17) is 0 Å². The molecule has 3 nitrogen and oxygen atoms in total. The zero-order valence-corrected chi connectivity index (χ0v) is 12.6. The Morgan fingerprint density at radius 2 is 2.05 bits per heavy atom. The largest absolute Gasteiger partial charge is 0.356 e. The average molecular weight is 266 g/mol. The number of nitrogens with one attached hydrogen (secondary N) is 2. The number of carbonyl (C=O) groups excluding carboxylic acids is 1. The van der Waals surface area contributed by atoms with Crippen LogP contribution in [-0.2, 0) is 4.79 Å². The van der Waals surface area contributed by atoms with Crippen molar-refractivity contribution in [2.45, 2.75) is 71.3 Å². The van der Waals surface area contributed by atoms with Gasteiger partial charge >= 0.3 is 0 Å².